The van der Waals surface area contributed by atoms with E-state index in [9.17, 15) is 13.2 Å². The Morgan fingerprint density at radius 1 is 1.14 bits per heavy atom. The van der Waals surface area contributed by atoms with Crippen LogP contribution < -0.4 is 15.4 Å². The molecule has 3 N–H and O–H groups in total. The summed E-state index contributed by atoms with van der Waals surface area (Å²) in [5.74, 6) is 0.203. The molecule has 0 radical (unpaired) electrons. The highest BCUT2D eigenvalue weighted by molar-refractivity contribution is 7.90. The number of amides is 1. The van der Waals surface area contributed by atoms with Gasteiger partial charge in [0.25, 0.3) is 15.9 Å². The number of hydrogen-bond donors (Lipinski definition) is 2. The van der Waals surface area contributed by atoms with Crippen molar-refractivity contribution in [1.82, 2.24) is 14.7 Å². The molecule has 1 aromatic carbocycles. The van der Waals surface area contributed by atoms with Gasteiger partial charge in [0.2, 0.25) is 0 Å². The monoisotopic (exact) mass is 507 g/mol. The van der Waals surface area contributed by atoms with Crippen molar-refractivity contribution in [2.75, 3.05) is 17.2 Å². The van der Waals surface area contributed by atoms with Crippen molar-refractivity contribution >= 4 is 27.6 Å². The smallest absolute Gasteiger partial charge is 0.268 e. The zero-order valence-electron chi connectivity index (χ0n) is 21.3. The molecule has 8 nitrogen and oxygen atoms in total. The molecule has 1 atom stereocenters. The van der Waals surface area contributed by atoms with Crippen LogP contribution in [0.15, 0.2) is 59.6 Å². The van der Waals surface area contributed by atoms with Gasteiger partial charge in [-0.1, -0.05) is 45.0 Å². The SMILES string of the molecule is CC(C)c1ccccc1-c1ccc(C(=O)NS(=O)(=O)c2cccnc2N)c(N2C[C@@H](C)CC2(C)C)n1. The van der Waals surface area contributed by atoms with Crippen LogP contribution in [0.4, 0.5) is 11.6 Å². The van der Waals surface area contributed by atoms with Gasteiger partial charge in [0.15, 0.2) is 0 Å². The molecule has 0 unspecified atom stereocenters. The number of rotatable bonds is 6. The fourth-order valence-electron chi connectivity index (χ4n) is 5.04. The van der Waals surface area contributed by atoms with E-state index in [0.29, 0.717) is 18.3 Å². The summed E-state index contributed by atoms with van der Waals surface area (Å²) in [6.07, 6.45) is 2.32. The number of anilines is 2. The number of nitrogens with zero attached hydrogens (tertiary/aromatic N) is 3. The molecular formula is C27H33N5O3S. The van der Waals surface area contributed by atoms with Gasteiger partial charge in [-0.25, -0.2) is 23.1 Å². The van der Waals surface area contributed by atoms with E-state index in [1.54, 1.807) is 12.1 Å². The highest BCUT2D eigenvalue weighted by atomic mass is 32.2. The molecule has 1 amide bonds. The van der Waals surface area contributed by atoms with Crippen LogP contribution in [0.5, 0.6) is 0 Å². The lowest BCUT2D eigenvalue weighted by atomic mass is 9.94. The number of pyridine rings is 2. The van der Waals surface area contributed by atoms with Crippen LogP contribution in [0.2, 0.25) is 0 Å². The fraction of sp³-hybridized carbons (Fsp3) is 0.370. The Labute approximate surface area is 213 Å². The van der Waals surface area contributed by atoms with Crippen LogP contribution in [0.25, 0.3) is 11.3 Å². The highest BCUT2D eigenvalue weighted by Crippen LogP contribution is 2.39. The first-order valence-corrected chi connectivity index (χ1v) is 13.5. The van der Waals surface area contributed by atoms with E-state index in [1.165, 1.54) is 18.3 Å². The predicted octanol–water partition coefficient (Wildman–Crippen LogP) is 4.59. The average molecular weight is 508 g/mol. The summed E-state index contributed by atoms with van der Waals surface area (Å²) in [5.41, 5.74) is 8.57. The number of carbonyl (C=O) groups excluding carboxylic acids is 1. The van der Waals surface area contributed by atoms with Crippen molar-refractivity contribution in [2.45, 2.75) is 57.4 Å². The lowest BCUT2D eigenvalue weighted by molar-refractivity contribution is 0.0981. The Morgan fingerprint density at radius 3 is 2.50 bits per heavy atom. The van der Waals surface area contributed by atoms with Gasteiger partial charge >= 0.3 is 0 Å². The van der Waals surface area contributed by atoms with Crippen LogP contribution >= 0.6 is 0 Å². The molecule has 1 saturated heterocycles. The first kappa shape index (κ1) is 25.6. The van der Waals surface area contributed by atoms with Crippen LogP contribution in [-0.4, -0.2) is 36.4 Å². The second kappa shape index (κ2) is 9.54. The third-order valence-corrected chi connectivity index (χ3v) is 8.00. The third-order valence-electron chi connectivity index (χ3n) is 6.62. The van der Waals surface area contributed by atoms with E-state index in [4.69, 9.17) is 10.7 Å². The van der Waals surface area contributed by atoms with E-state index < -0.39 is 15.9 Å². The highest BCUT2D eigenvalue weighted by Gasteiger charge is 2.39. The number of nitrogens with one attached hydrogen (secondary N) is 1. The molecule has 190 valence electrons. The van der Waals surface area contributed by atoms with Crippen LogP contribution in [0, 0.1) is 5.92 Å². The van der Waals surface area contributed by atoms with E-state index in [1.807, 2.05) is 18.2 Å². The van der Waals surface area contributed by atoms with Crippen LogP contribution in [0.1, 0.15) is 62.9 Å². The van der Waals surface area contributed by atoms with Gasteiger partial charge in [-0.05, 0) is 61.9 Å². The molecule has 0 saturated carbocycles. The second-order valence-corrected chi connectivity index (χ2v) is 12.0. The maximum absolute atomic E-state index is 13.4. The minimum Gasteiger partial charge on any atom is -0.383 e. The first-order chi connectivity index (χ1) is 16.9. The zero-order chi connectivity index (χ0) is 26.3. The molecule has 3 heterocycles. The molecular weight excluding hydrogens is 474 g/mol. The lowest BCUT2D eigenvalue weighted by Gasteiger charge is -2.34. The molecule has 9 heteroatoms. The number of nitrogen functional groups attached to an aromatic ring is 1. The summed E-state index contributed by atoms with van der Waals surface area (Å²) in [6.45, 7) is 11.3. The summed E-state index contributed by atoms with van der Waals surface area (Å²) in [6, 6.07) is 14.3. The number of benzene rings is 1. The number of sulfonamides is 1. The van der Waals surface area contributed by atoms with Crippen molar-refractivity contribution in [3.63, 3.8) is 0 Å². The van der Waals surface area contributed by atoms with Crippen molar-refractivity contribution in [1.29, 1.82) is 0 Å². The summed E-state index contributed by atoms with van der Waals surface area (Å²) in [4.78, 5) is 24.1. The largest absolute Gasteiger partial charge is 0.383 e. The number of nitrogens with two attached hydrogens (primary N) is 1. The van der Waals surface area contributed by atoms with Crippen molar-refractivity contribution < 1.29 is 13.2 Å². The first-order valence-electron chi connectivity index (χ1n) is 12.1. The minimum atomic E-state index is -4.23. The van der Waals surface area contributed by atoms with Crippen LogP contribution in [-0.2, 0) is 10.0 Å². The summed E-state index contributed by atoms with van der Waals surface area (Å²) in [7, 11) is -4.23. The van der Waals surface area contributed by atoms with Gasteiger partial charge in [0.05, 0.1) is 11.3 Å². The Morgan fingerprint density at radius 2 is 1.86 bits per heavy atom. The molecule has 0 bridgehead atoms. The van der Waals surface area contributed by atoms with Crippen molar-refractivity contribution in [3.05, 3.63) is 65.9 Å². The molecule has 1 aliphatic rings. The molecule has 0 aliphatic carbocycles. The molecule has 36 heavy (non-hydrogen) atoms. The van der Waals surface area contributed by atoms with Crippen molar-refractivity contribution in [2.24, 2.45) is 5.92 Å². The number of aromatic nitrogens is 2. The fourth-order valence-corrected chi connectivity index (χ4v) is 6.09. The third kappa shape index (κ3) is 4.93. The standard InChI is InChI=1S/C27H33N5O3S/c1-17(2)19-9-6-7-10-20(19)22-13-12-21(25(30-22)32-16-18(3)15-27(32,4)5)26(33)31-36(34,35)23-11-8-14-29-24(23)28/h6-14,17-18H,15-16H2,1-5H3,(H2,28,29)(H,31,33)/t18-/m0/s1. The minimum absolute atomic E-state index is 0.175. The van der Waals surface area contributed by atoms with Gasteiger partial charge in [0.1, 0.15) is 16.5 Å². The Hall–Kier alpha value is -3.46. The summed E-state index contributed by atoms with van der Waals surface area (Å²) >= 11 is 0. The summed E-state index contributed by atoms with van der Waals surface area (Å²) in [5, 5.41) is 0. The zero-order valence-corrected chi connectivity index (χ0v) is 22.1. The molecule has 1 aliphatic heterocycles. The number of carbonyl (C=O) groups is 1. The predicted molar refractivity (Wildman–Crippen MR) is 142 cm³/mol. The van der Waals surface area contributed by atoms with Gasteiger partial charge in [-0.15, -0.1) is 0 Å². The Kier molecular flexibility index (Phi) is 6.79. The van der Waals surface area contributed by atoms with Crippen molar-refractivity contribution in [3.8, 4) is 11.3 Å². The topological polar surface area (TPSA) is 118 Å². The maximum Gasteiger partial charge on any atom is 0.268 e. The molecule has 4 rings (SSSR count). The Bertz CT molecular complexity index is 1400. The van der Waals surface area contributed by atoms with E-state index in [0.717, 1.165) is 23.2 Å². The van der Waals surface area contributed by atoms with Gasteiger partial charge in [0, 0.05) is 23.8 Å². The number of hydrogen-bond acceptors (Lipinski definition) is 7. The quantitative estimate of drug-likeness (QED) is 0.501. The maximum atomic E-state index is 13.4. The molecule has 3 aromatic rings. The average Bonchev–Trinajstić information content (AvgIpc) is 3.10. The van der Waals surface area contributed by atoms with Gasteiger partial charge < -0.3 is 10.6 Å². The van der Waals surface area contributed by atoms with E-state index in [2.05, 4.69) is 55.3 Å². The summed E-state index contributed by atoms with van der Waals surface area (Å²) < 4.78 is 28.1. The second-order valence-electron chi connectivity index (χ2n) is 10.4. The van der Waals surface area contributed by atoms with E-state index >= 15 is 0 Å². The van der Waals surface area contributed by atoms with Gasteiger partial charge in [-0.2, -0.15) is 0 Å². The molecule has 2 aromatic heterocycles. The lowest BCUT2D eigenvalue weighted by Crippen LogP contribution is -2.41. The molecule has 0 spiro atoms. The van der Waals surface area contributed by atoms with Gasteiger partial charge in [-0.3, -0.25) is 4.79 Å². The van der Waals surface area contributed by atoms with Crippen LogP contribution in [0.3, 0.4) is 0 Å². The normalized spacial score (nSPS) is 17.4. The Balaban J connectivity index is 1.82. The van der Waals surface area contributed by atoms with E-state index in [-0.39, 0.29) is 27.7 Å². The molecule has 1 fully saturated rings.